The lowest BCUT2D eigenvalue weighted by molar-refractivity contribution is 0.105. The van der Waals surface area contributed by atoms with Crippen molar-refractivity contribution >= 4 is 0 Å². The Balaban J connectivity index is 1.87. The van der Waals surface area contributed by atoms with Crippen LogP contribution in [0.2, 0.25) is 0 Å². The summed E-state index contributed by atoms with van der Waals surface area (Å²) >= 11 is 0. The van der Waals surface area contributed by atoms with Crippen LogP contribution < -0.4 is 5.32 Å². The summed E-state index contributed by atoms with van der Waals surface area (Å²) in [5, 5.41) is 13.6. The topological polar surface area (TPSA) is 35.5 Å². The van der Waals surface area contributed by atoms with E-state index in [9.17, 15) is 5.11 Å². The average Bonchev–Trinajstić information content (AvgIpc) is 2.93. The number of aliphatic hydroxyl groups is 1. The zero-order chi connectivity index (χ0) is 13.9. The Labute approximate surface area is 118 Å². The van der Waals surface area contributed by atoms with Crippen LogP contribution in [0.25, 0.3) is 0 Å². The van der Waals surface area contributed by atoms with Crippen molar-refractivity contribution in [1.29, 1.82) is 0 Å². The smallest absolute Gasteiger partial charge is 0.0616 e. The summed E-state index contributed by atoms with van der Waals surface area (Å²) in [6.07, 6.45) is 6.29. The lowest BCUT2D eigenvalue weighted by Crippen LogP contribution is -2.54. The van der Waals surface area contributed by atoms with Crippen LogP contribution in [0.4, 0.5) is 0 Å². The largest absolute Gasteiger partial charge is 0.394 e. The molecule has 3 atom stereocenters. The molecule has 0 aromatic heterocycles. The zero-order valence-electron chi connectivity index (χ0n) is 13.0. The summed E-state index contributed by atoms with van der Waals surface area (Å²) in [5.74, 6) is 1.52. The van der Waals surface area contributed by atoms with Crippen molar-refractivity contribution in [3.8, 4) is 0 Å². The van der Waals surface area contributed by atoms with Gasteiger partial charge in [0, 0.05) is 18.1 Å². The van der Waals surface area contributed by atoms with E-state index in [1.54, 1.807) is 0 Å². The maximum atomic E-state index is 9.89. The highest BCUT2D eigenvalue weighted by molar-refractivity contribution is 5.00. The molecule has 3 nitrogen and oxygen atoms in total. The van der Waals surface area contributed by atoms with E-state index in [1.165, 1.54) is 45.3 Å². The number of hydrogen-bond donors (Lipinski definition) is 2. The fourth-order valence-corrected chi connectivity index (χ4v) is 4.15. The summed E-state index contributed by atoms with van der Waals surface area (Å²) in [5.41, 5.74) is -0.000489. The lowest BCUT2D eigenvalue weighted by atomic mass is 9.84. The van der Waals surface area contributed by atoms with Crippen LogP contribution >= 0.6 is 0 Å². The van der Waals surface area contributed by atoms with Gasteiger partial charge in [0.25, 0.3) is 0 Å². The fourth-order valence-electron chi connectivity index (χ4n) is 4.15. The van der Waals surface area contributed by atoms with Crippen LogP contribution in [-0.4, -0.2) is 47.8 Å². The van der Waals surface area contributed by atoms with Crippen LogP contribution in [0.5, 0.6) is 0 Å². The van der Waals surface area contributed by atoms with Gasteiger partial charge >= 0.3 is 0 Å². The minimum atomic E-state index is -0.000489. The van der Waals surface area contributed by atoms with Crippen LogP contribution in [-0.2, 0) is 0 Å². The molecule has 2 aliphatic rings. The predicted molar refractivity (Wildman–Crippen MR) is 80.3 cm³/mol. The predicted octanol–water partition coefficient (Wildman–Crippen LogP) is 2.25. The Kier molecular flexibility index (Phi) is 5.27. The number of nitrogens with zero attached hydrogens (tertiary/aromatic N) is 1. The van der Waals surface area contributed by atoms with Crippen molar-refractivity contribution in [2.24, 2.45) is 11.8 Å². The number of aliphatic hydroxyl groups excluding tert-OH is 1. The van der Waals surface area contributed by atoms with Crippen LogP contribution in [0, 0.1) is 11.8 Å². The Morgan fingerprint density at radius 1 is 1.37 bits per heavy atom. The SMILES string of the molecule is CC1CCN(CCC2CCCC2(CO)NC(C)C)C1. The van der Waals surface area contributed by atoms with Crippen molar-refractivity contribution in [3.05, 3.63) is 0 Å². The molecule has 112 valence electrons. The van der Waals surface area contributed by atoms with Crippen LogP contribution in [0.1, 0.15) is 52.9 Å². The molecule has 0 bridgehead atoms. The Bertz CT molecular complexity index is 282. The van der Waals surface area contributed by atoms with Gasteiger partial charge in [0.1, 0.15) is 0 Å². The van der Waals surface area contributed by atoms with Crippen molar-refractivity contribution in [2.75, 3.05) is 26.2 Å². The number of rotatable bonds is 6. The molecular weight excluding hydrogens is 236 g/mol. The standard InChI is InChI=1S/C16H32N2O/c1-13(2)17-16(12-19)8-4-5-15(16)7-10-18-9-6-14(3)11-18/h13-15,17,19H,4-12H2,1-3H3. The molecule has 1 aliphatic carbocycles. The molecule has 1 aliphatic heterocycles. The van der Waals surface area contributed by atoms with Gasteiger partial charge in [-0.1, -0.05) is 27.2 Å². The third-order valence-corrected chi connectivity index (χ3v) is 5.12. The summed E-state index contributed by atoms with van der Waals surface area (Å²) in [6.45, 7) is 10.8. The maximum absolute atomic E-state index is 9.89. The lowest BCUT2D eigenvalue weighted by Gasteiger charge is -2.37. The second-order valence-electron chi connectivity index (χ2n) is 7.19. The summed E-state index contributed by atoms with van der Waals surface area (Å²) in [7, 11) is 0. The Morgan fingerprint density at radius 2 is 2.16 bits per heavy atom. The van der Waals surface area contributed by atoms with Crippen LogP contribution in [0.15, 0.2) is 0 Å². The van der Waals surface area contributed by atoms with E-state index in [4.69, 9.17) is 0 Å². The third kappa shape index (κ3) is 3.71. The van der Waals surface area contributed by atoms with E-state index < -0.39 is 0 Å². The number of hydrogen-bond acceptors (Lipinski definition) is 3. The van der Waals surface area contributed by atoms with Crippen molar-refractivity contribution in [1.82, 2.24) is 10.2 Å². The molecule has 0 radical (unpaired) electrons. The number of nitrogens with one attached hydrogen (secondary N) is 1. The molecule has 3 heteroatoms. The van der Waals surface area contributed by atoms with E-state index in [0.29, 0.717) is 18.6 Å². The number of likely N-dealkylation sites (tertiary alicyclic amines) is 1. The van der Waals surface area contributed by atoms with E-state index >= 15 is 0 Å². The highest BCUT2D eigenvalue weighted by Crippen LogP contribution is 2.38. The van der Waals surface area contributed by atoms with Gasteiger partial charge in [-0.15, -0.1) is 0 Å². The van der Waals surface area contributed by atoms with Gasteiger partial charge in [-0.25, -0.2) is 0 Å². The van der Waals surface area contributed by atoms with E-state index in [-0.39, 0.29) is 5.54 Å². The molecule has 0 amide bonds. The maximum Gasteiger partial charge on any atom is 0.0616 e. The summed E-state index contributed by atoms with van der Waals surface area (Å²) < 4.78 is 0. The average molecular weight is 268 g/mol. The van der Waals surface area contributed by atoms with Gasteiger partial charge < -0.3 is 15.3 Å². The van der Waals surface area contributed by atoms with E-state index in [0.717, 1.165) is 12.3 Å². The highest BCUT2D eigenvalue weighted by Gasteiger charge is 2.42. The molecule has 0 aromatic carbocycles. The molecule has 1 heterocycles. The molecule has 19 heavy (non-hydrogen) atoms. The molecule has 2 rings (SSSR count). The zero-order valence-corrected chi connectivity index (χ0v) is 13.0. The second kappa shape index (κ2) is 6.55. The summed E-state index contributed by atoms with van der Waals surface area (Å²) in [6, 6.07) is 0.458. The fraction of sp³-hybridized carbons (Fsp3) is 1.00. The van der Waals surface area contributed by atoms with Gasteiger partial charge in [0.15, 0.2) is 0 Å². The first-order valence-corrected chi connectivity index (χ1v) is 8.16. The molecule has 1 saturated heterocycles. The Hall–Kier alpha value is -0.120. The van der Waals surface area contributed by atoms with Gasteiger partial charge in [-0.05, 0) is 50.6 Å². The third-order valence-electron chi connectivity index (χ3n) is 5.12. The van der Waals surface area contributed by atoms with E-state index in [1.807, 2.05) is 0 Å². The molecular formula is C16H32N2O. The molecule has 2 fully saturated rings. The van der Waals surface area contributed by atoms with E-state index in [2.05, 4.69) is 31.0 Å². The molecule has 2 N–H and O–H groups in total. The quantitative estimate of drug-likeness (QED) is 0.775. The van der Waals surface area contributed by atoms with Crippen molar-refractivity contribution < 1.29 is 5.11 Å². The molecule has 1 saturated carbocycles. The normalized spacial score (nSPS) is 36.5. The first-order valence-electron chi connectivity index (χ1n) is 8.16. The van der Waals surface area contributed by atoms with Gasteiger partial charge in [0.05, 0.1) is 6.61 Å². The summed E-state index contributed by atoms with van der Waals surface area (Å²) in [4.78, 5) is 2.61. The molecule has 0 spiro atoms. The van der Waals surface area contributed by atoms with Gasteiger partial charge in [-0.3, -0.25) is 0 Å². The minimum absolute atomic E-state index is 0.000489. The van der Waals surface area contributed by atoms with Crippen molar-refractivity contribution in [3.63, 3.8) is 0 Å². The van der Waals surface area contributed by atoms with Gasteiger partial charge in [0.2, 0.25) is 0 Å². The molecule has 0 aromatic rings. The first-order chi connectivity index (χ1) is 9.05. The van der Waals surface area contributed by atoms with Crippen LogP contribution in [0.3, 0.4) is 0 Å². The Morgan fingerprint density at radius 3 is 2.74 bits per heavy atom. The van der Waals surface area contributed by atoms with Gasteiger partial charge in [-0.2, -0.15) is 0 Å². The minimum Gasteiger partial charge on any atom is -0.394 e. The second-order valence-corrected chi connectivity index (χ2v) is 7.19. The van der Waals surface area contributed by atoms with Crippen molar-refractivity contribution in [2.45, 2.75) is 64.5 Å². The monoisotopic (exact) mass is 268 g/mol. The first kappa shape index (κ1) is 15.3. The molecule has 3 unspecified atom stereocenters. The highest BCUT2D eigenvalue weighted by atomic mass is 16.3.